The first-order valence-corrected chi connectivity index (χ1v) is 13.6. The average Bonchev–Trinajstić information content (AvgIpc) is 3.17. The Morgan fingerprint density at radius 2 is 1.89 bits per heavy atom. The highest BCUT2D eigenvalue weighted by molar-refractivity contribution is 7.12. The van der Waals surface area contributed by atoms with E-state index < -0.39 is 0 Å². The first kappa shape index (κ1) is 24.0. The van der Waals surface area contributed by atoms with E-state index in [1.165, 1.54) is 21.0 Å². The molecule has 0 N–H and O–H groups in total. The molecule has 0 saturated carbocycles. The molecule has 1 saturated heterocycles. The minimum Gasteiger partial charge on any atom is -0.497 e. The molecule has 6 heteroatoms. The lowest BCUT2D eigenvalue weighted by Crippen LogP contribution is -2.53. The van der Waals surface area contributed by atoms with Crippen LogP contribution in [0.1, 0.15) is 47.0 Å². The zero-order valence-corrected chi connectivity index (χ0v) is 22.1. The second-order valence-corrected chi connectivity index (χ2v) is 11.4. The number of amidine groups is 1. The molecule has 0 radical (unpaired) electrons. The summed E-state index contributed by atoms with van der Waals surface area (Å²) in [7, 11) is 3.98. The van der Waals surface area contributed by atoms with Crippen molar-refractivity contribution in [1.29, 1.82) is 0 Å². The maximum absolute atomic E-state index is 5.32. The van der Waals surface area contributed by atoms with Crippen LogP contribution in [-0.4, -0.2) is 60.5 Å². The zero-order valence-electron chi connectivity index (χ0n) is 21.3. The van der Waals surface area contributed by atoms with E-state index >= 15 is 0 Å². The first-order valence-electron chi connectivity index (χ1n) is 12.7. The normalized spacial score (nSPS) is 18.1. The van der Waals surface area contributed by atoms with Gasteiger partial charge in [-0.3, -0.25) is 4.90 Å². The predicted molar refractivity (Wildman–Crippen MR) is 145 cm³/mol. The SMILES string of the molecule is COc1ccc(CC[C@H]2CN(C3=Nc4ccccc4Cc4sc(CC(C)C)nc43)CCN2C)cc1. The van der Waals surface area contributed by atoms with Crippen molar-refractivity contribution in [1.82, 2.24) is 14.8 Å². The number of fused-ring (bicyclic) bond motifs is 2. The summed E-state index contributed by atoms with van der Waals surface area (Å²) in [5.41, 5.74) is 4.86. The van der Waals surface area contributed by atoms with Crippen LogP contribution in [0.25, 0.3) is 0 Å². The van der Waals surface area contributed by atoms with Crippen LogP contribution in [0.5, 0.6) is 5.75 Å². The summed E-state index contributed by atoms with van der Waals surface area (Å²) in [5, 5.41) is 1.24. The van der Waals surface area contributed by atoms with Crippen LogP contribution in [0.15, 0.2) is 53.5 Å². The fourth-order valence-corrected chi connectivity index (χ4v) is 6.34. The van der Waals surface area contributed by atoms with Gasteiger partial charge in [-0.1, -0.05) is 44.2 Å². The molecule has 3 aromatic rings. The molecular formula is C29H36N4OS. The summed E-state index contributed by atoms with van der Waals surface area (Å²) >= 11 is 1.88. The van der Waals surface area contributed by atoms with Gasteiger partial charge in [-0.05, 0) is 55.1 Å². The molecule has 2 aromatic carbocycles. The third-order valence-electron chi connectivity index (χ3n) is 7.11. The number of aliphatic imine (C=N–C) groups is 1. The summed E-state index contributed by atoms with van der Waals surface area (Å²) < 4.78 is 5.32. The minimum absolute atomic E-state index is 0.476. The van der Waals surface area contributed by atoms with Crippen LogP contribution in [0.4, 0.5) is 5.69 Å². The fourth-order valence-electron chi connectivity index (χ4n) is 5.04. The van der Waals surface area contributed by atoms with Gasteiger partial charge in [0.25, 0.3) is 0 Å². The van der Waals surface area contributed by atoms with E-state index in [0.29, 0.717) is 12.0 Å². The summed E-state index contributed by atoms with van der Waals surface area (Å²) in [5.74, 6) is 2.58. The third-order valence-corrected chi connectivity index (χ3v) is 8.18. The summed E-state index contributed by atoms with van der Waals surface area (Å²) in [4.78, 5) is 16.8. The number of hydrogen-bond donors (Lipinski definition) is 0. The van der Waals surface area contributed by atoms with Crippen molar-refractivity contribution in [3.05, 3.63) is 75.2 Å². The number of piperazine rings is 1. The molecule has 0 amide bonds. The lowest BCUT2D eigenvalue weighted by Gasteiger charge is -2.40. The Hall–Kier alpha value is -2.70. The molecular weight excluding hydrogens is 452 g/mol. The van der Waals surface area contributed by atoms with E-state index in [2.05, 4.69) is 79.2 Å². The van der Waals surface area contributed by atoms with Gasteiger partial charge in [0.15, 0.2) is 5.84 Å². The van der Waals surface area contributed by atoms with Gasteiger partial charge >= 0.3 is 0 Å². The maximum Gasteiger partial charge on any atom is 0.156 e. The number of aryl methyl sites for hydroxylation is 1. The molecule has 2 aliphatic heterocycles. The van der Waals surface area contributed by atoms with E-state index in [0.717, 1.165) is 68.3 Å². The van der Waals surface area contributed by atoms with Gasteiger partial charge in [-0.15, -0.1) is 11.3 Å². The number of para-hydroxylation sites is 1. The van der Waals surface area contributed by atoms with Crippen molar-refractivity contribution >= 4 is 22.9 Å². The van der Waals surface area contributed by atoms with Crippen LogP contribution < -0.4 is 4.74 Å². The number of rotatable bonds is 6. The lowest BCUT2D eigenvalue weighted by molar-refractivity contribution is 0.134. The largest absolute Gasteiger partial charge is 0.497 e. The predicted octanol–water partition coefficient (Wildman–Crippen LogP) is 5.58. The zero-order chi connectivity index (χ0) is 24.4. The Kier molecular flexibility index (Phi) is 7.21. The van der Waals surface area contributed by atoms with Gasteiger partial charge < -0.3 is 9.64 Å². The second-order valence-electron chi connectivity index (χ2n) is 10.2. The van der Waals surface area contributed by atoms with E-state index in [9.17, 15) is 0 Å². The Balaban J connectivity index is 1.40. The monoisotopic (exact) mass is 488 g/mol. The molecule has 1 atom stereocenters. The van der Waals surface area contributed by atoms with Crippen LogP contribution in [0, 0.1) is 5.92 Å². The molecule has 5 nitrogen and oxygen atoms in total. The standard InChI is InChI=1S/C29H36N4OS/c1-20(2)17-27-31-28-26(35-27)18-22-7-5-6-8-25(22)30-29(28)33-16-15-32(3)23(19-33)12-9-21-10-13-24(34-4)14-11-21/h5-8,10-11,13-14,20,23H,9,12,15-19H2,1-4H3/t23-/m0/s1. The number of aromatic nitrogens is 1. The Bertz CT molecular complexity index is 1180. The third kappa shape index (κ3) is 5.44. The number of hydrogen-bond acceptors (Lipinski definition) is 6. The highest BCUT2D eigenvalue weighted by atomic mass is 32.1. The lowest BCUT2D eigenvalue weighted by atomic mass is 10.0. The minimum atomic E-state index is 0.476. The smallest absolute Gasteiger partial charge is 0.156 e. The molecule has 0 bridgehead atoms. The van der Waals surface area contributed by atoms with Crippen LogP contribution in [-0.2, 0) is 19.3 Å². The Morgan fingerprint density at radius 3 is 2.66 bits per heavy atom. The molecule has 0 spiro atoms. The van der Waals surface area contributed by atoms with Gasteiger partial charge in [0.2, 0.25) is 0 Å². The fraction of sp³-hybridized carbons (Fsp3) is 0.448. The van der Waals surface area contributed by atoms with E-state index in [4.69, 9.17) is 14.7 Å². The Morgan fingerprint density at radius 1 is 1.09 bits per heavy atom. The highest BCUT2D eigenvalue weighted by Crippen LogP contribution is 2.34. The maximum atomic E-state index is 5.32. The van der Waals surface area contributed by atoms with E-state index in [-0.39, 0.29) is 0 Å². The topological polar surface area (TPSA) is 41.0 Å². The number of benzene rings is 2. The summed E-state index contributed by atoms with van der Waals surface area (Å²) in [6, 6.07) is 17.5. The van der Waals surface area contributed by atoms with Gasteiger partial charge in [0, 0.05) is 43.4 Å². The Labute approximate surface area is 213 Å². The molecule has 3 heterocycles. The number of methoxy groups -OCH3 is 1. The van der Waals surface area contributed by atoms with Gasteiger partial charge in [-0.2, -0.15) is 0 Å². The molecule has 1 aromatic heterocycles. The van der Waals surface area contributed by atoms with E-state index in [1.807, 2.05) is 11.3 Å². The van der Waals surface area contributed by atoms with Crippen LogP contribution >= 0.6 is 11.3 Å². The molecule has 1 fully saturated rings. The molecule has 0 unspecified atom stereocenters. The molecule has 0 aliphatic carbocycles. The van der Waals surface area contributed by atoms with Crippen LogP contribution in [0.3, 0.4) is 0 Å². The number of ether oxygens (including phenoxy) is 1. The van der Waals surface area contributed by atoms with Crippen LogP contribution in [0.2, 0.25) is 0 Å². The summed E-state index contributed by atoms with van der Waals surface area (Å²) in [6.07, 6.45) is 4.12. The van der Waals surface area contributed by atoms with Gasteiger partial charge in [0.1, 0.15) is 11.4 Å². The highest BCUT2D eigenvalue weighted by Gasteiger charge is 2.31. The van der Waals surface area contributed by atoms with Gasteiger partial charge in [-0.25, -0.2) is 9.98 Å². The van der Waals surface area contributed by atoms with Crippen molar-refractivity contribution in [2.75, 3.05) is 33.8 Å². The quantitative estimate of drug-likeness (QED) is 0.454. The van der Waals surface area contributed by atoms with Crippen molar-refractivity contribution in [2.24, 2.45) is 10.9 Å². The average molecular weight is 489 g/mol. The van der Waals surface area contributed by atoms with E-state index in [1.54, 1.807) is 7.11 Å². The first-order chi connectivity index (χ1) is 17.0. The number of nitrogens with zero attached hydrogens (tertiary/aromatic N) is 4. The second kappa shape index (κ2) is 10.5. The number of likely N-dealkylation sites (N-methyl/N-ethyl adjacent to an activating group) is 1. The van der Waals surface area contributed by atoms with Crippen molar-refractivity contribution in [3.8, 4) is 5.75 Å². The van der Waals surface area contributed by atoms with Crippen molar-refractivity contribution < 1.29 is 4.74 Å². The molecule has 2 aliphatic rings. The van der Waals surface area contributed by atoms with Crippen molar-refractivity contribution in [2.45, 2.75) is 45.6 Å². The van der Waals surface area contributed by atoms with Gasteiger partial charge in [0.05, 0.1) is 17.8 Å². The number of thiazole rings is 1. The summed E-state index contributed by atoms with van der Waals surface area (Å²) in [6.45, 7) is 7.53. The van der Waals surface area contributed by atoms with Crippen molar-refractivity contribution in [3.63, 3.8) is 0 Å². The molecule has 35 heavy (non-hydrogen) atoms. The molecule has 184 valence electrons. The molecule has 5 rings (SSSR count).